The summed E-state index contributed by atoms with van der Waals surface area (Å²) in [6.07, 6.45) is 3.56. The van der Waals surface area contributed by atoms with Gasteiger partial charge >= 0.3 is 5.97 Å². The minimum atomic E-state index is -0.373. The highest BCUT2D eigenvalue weighted by atomic mass is 79.9. The van der Waals surface area contributed by atoms with Crippen molar-refractivity contribution in [3.8, 4) is 0 Å². The normalized spacial score (nSPS) is 10.6. The van der Waals surface area contributed by atoms with Gasteiger partial charge in [-0.15, -0.1) is 0 Å². The minimum absolute atomic E-state index is 0.373. The van der Waals surface area contributed by atoms with Gasteiger partial charge in [-0.2, -0.15) is 0 Å². The molecule has 0 atom stereocenters. The molecule has 0 aliphatic heterocycles. The first-order valence-corrected chi connectivity index (χ1v) is 10.5. The van der Waals surface area contributed by atoms with Crippen LogP contribution in [0.1, 0.15) is 34.0 Å². The van der Waals surface area contributed by atoms with Crippen LogP contribution in [-0.2, 0) is 24.1 Å². The first kappa shape index (κ1) is 21.1. The standard InChI is InChI=1S/C24H25BrN2O2/c1-3-27(23-14-12-20(16-26-23)24(28)29-2)17-21-15-22(25)13-11-19(21)10-9-18-7-5-4-6-8-18/h4-8,11-16H,3,9-10,17H2,1-2H3. The molecule has 0 radical (unpaired) electrons. The van der Waals surface area contributed by atoms with Crippen molar-refractivity contribution < 1.29 is 9.53 Å². The molecule has 0 fully saturated rings. The molecular weight excluding hydrogens is 428 g/mol. The second-order valence-corrected chi connectivity index (χ2v) is 7.73. The quantitative estimate of drug-likeness (QED) is 0.426. The summed E-state index contributed by atoms with van der Waals surface area (Å²) in [5.74, 6) is 0.469. The highest BCUT2D eigenvalue weighted by Gasteiger charge is 2.12. The van der Waals surface area contributed by atoms with Crippen LogP contribution in [0.5, 0.6) is 0 Å². The maximum Gasteiger partial charge on any atom is 0.339 e. The first-order chi connectivity index (χ1) is 14.1. The number of ether oxygens (including phenoxy) is 1. The molecule has 0 unspecified atom stereocenters. The van der Waals surface area contributed by atoms with Gasteiger partial charge in [-0.1, -0.05) is 52.3 Å². The first-order valence-electron chi connectivity index (χ1n) is 9.71. The van der Waals surface area contributed by atoms with Crippen LogP contribution >= 0.6 is 15.9 Å². The zero-order valence-corrected chi connectivity index (χ0v) is 18.4. The van der Waals surface area contributed by atoms with Crippen molar-refractivity contribution in [3.05, 3.63) is 93.6 Å². The molecule has 0 bridgehead atoms. The molecule has 3 rings (SSSR count). The number of nitrogens with zero attached hydrogens (tertiary/aromatic N) is 2. The number of hydrogen-bond acceptors (Lipinski definition) is 4. The van der Waals surface area contributed by atoms with Crippen LogP contribution < -0.4 is 4.90 Å². The number of carbonyl (C=O) groups is 1. The Balaban J connectivity index is 1.78. The Labute approximate surface area is 180 Å². The minimum Gasteiger partial charge on any atom is -0.465 e. The van der Waals surface area contributed by atoms with Crippen LogP contribution in [0.15, 0.2) is 71.3 Å². The average molecular weight is 453 g/mol. The van der Waals surface area contributed by atoms with Gasteiger partial charge in [0.15, 0.2) is 0 Å². The third-order valence-electron chi connectivity index (χ3n) is 4.93. The molecule has 5 heteroatoms. The number of anilines is 1. The number of aryl methyl sites for hydroxylation is 2. The number of esters is 1. The van der Waals surface area contributed by atoms with Crippen molar-refractivity contribution in [2.45, 2.75) is 26.3 Å². The SMILES string of the molecule is CCN(Cc1cc(Br)ccc1CCc1ccccc1)c1ccc(C(=O)OC)cn1. The number of carbonyl (C=O) groups excluding carboxylic acids is 1. The van der Waals surface area contributed by atoms with Crippen LogP contribution in [-0.4, -0.2) is 24.6 Å². The van der Waals surface area contributed by atoms with Crippen LogP contribution in [0.25, 0.3) is 0 Å². The van der Waals surface area contributed by atoms with E-state index >= 15 is 0 Å². The Morgan fingerprint density at radius 3 is 2.48 bits per heavy atom. The zero-order valence-electron chi connectivity index (χ0n) is 16.8. The van der Waals surface area contributed by atoms with Gasteiger partial charge in [0.1, 0.15) is 5.82 Å². The second kappa shape index (κ2) is 10.2. The molecule has 150 valence electrons. The fourth-order valence-electron chi connectivity index (χ4n) is 3.28. The summed E-state index contributed by atoms with van der Waals surface area (Å²) in [6.45, 7) is 3.68. The highest BCUT2D eigenvalue weighted by Crippen LogP contribution is 2.23. The van der Waals surface area contributed by atoms with Gasteiger partial charge in [0.25, 0.3) is 0 Å². The van der Waals surface area contributed by atoms with Gasteiger partial charge < -0.3 is 9.64 Å². The van der Waals surface area contributed by atoms with Crippen molar-refractivity contribution in [1.29, 1.82) is 0 Å². The van der Waals surface area contributed by atoms with Crippen LogP contribution in [0.4, 0.5) is 5.82 Å². The molecule has 1 aromatic heterocycles. The van der Waals surface area contributed by atoms with E-state index in [1.54, 1.807) is 12.3 Å². The van der Waals surface area contributed by atoms with Gasteiger partial charge in [0, 0.05) is 23.8 Å². The molecular formula is C24H25BrN2O2. The Morgan fingerprint density at radius 2 is 1.83 bits per heavy atom. The Kier molecular flexibility index (Phi) is 7.42. The molecule has 1 heterocycles. The molecule has 0 N–H and O–H groups in total. The number of pyridine rings is 1. The number of hydrogen-bond donors (Lipinski definition) is 0. The van der Waals surface area contributed by atoms with E-state index in [4.69, 9.17) is 4.74 Å². The Bertz CT molecular complexity index is 943. The predicted octanol–water partition coefficient (Wildman–Crippen LogP) is 5.44. The monoisotopic (exact) mass is 452 g/mol. The van der Waals surface area contributed by atoms with Crippen LogP contribution in [0.2, 0.25) is 0 Å². The van der Waals surface area contributed by atoms with Crippen molar-refractivity contribution in [3.63, 3.8) is 0 Å². The maximum atomic E-state index is 11.6. The lowest BCUT2D eigenvalue weighted by Gasteiger charge is -2.24. The number of aromatic nitrogens is 1. The van der Waals surface area contributed by atoms with Gasteiger partial charge in [0.2, 0.25) is 0 Å². The summed E-state index contributed by atoms with van der Waals surface area (Å²) in [5, 5.41) is 0. The molecule has 0 aliphatic rings. The molecule has 0 spiro atoms. The Hall–Kier alpha value is -2.66. The number of rotatable bonds is 8. The predicted molar refractivity (Wildman–Crippen MR) is 120 cm³/mol. The molecule has 4 nitrogen and oxygen atoms in total. The van der Waals surface area contributed by atoms with Crippen LogP contribution in [0.3, 0.4) is 0 Å². The van der Waals surface area contributed by atoms with Crippen LogP contribution in [0, 0.1) is 0 Å². The summed E-state index contributed by atoms with van der Waals surface area (Å²) in [7, 11) is 1.37. The summed E-state index contributed by atoms with van der Waals surface area (Å²) in [6, 6.07) is 20.7. The van der Waals surface area contributed by atoms with Gasteiger partial charge in [-0.05, 0) is 60.7 Å². The Morgan fingerprint density at radius 1 is 1.03 bits per heavy atom. The lowest BCUT2D eigenvalue weighted by atomic mass is 9.99. The van der Waals surface area contributed by atoms with Crippen molar-refractivity contribution in [2.75, 3.05) is 18.6 Å². The average Bonchev–Trinajstić information content (AvgIpc) is 2.77. The van der Waals surface area contributed by atoms with E-state index in [2.05, 4.69) is 75.2 Å². The lowest BCUT2D eigenvalue weighted by Crippen LogP contribution is -2.24. The third-order valence-corrected chi connectivity index (χ3v) is 5.42. The van der Waals surface area contributed by atoms with Gasteiger partial charge in [-0.25, -0.2) is 9.78 Å². The molecule has 0 amide bonds. The molecule has 0 saturated heterocycles. The molecule has 2 aromatic carbocycles. The fraction of sp³-hybridized carbons (Fsp3) is 0.250. The van der Waals surface area contributed by atoms with Gasteiger partial charge in [0.05, 0.1) is 12.7 Å². The van der Waals surface area contributed by atoms with E-state index in [0.717, 1.165) is 36.2 Å². The third kappa shape index (κ3) is 5.67. The largest absolute Gasteiger partial charge is 0.465 e. The van der Waals surface area contributed by atoms with Crippen molar-refractivity contribution >= 4 is 27.7 Å². The maximum absolute atomic E-state index is 11.6. The van der Waals surface area contributed by atoms with Crippen molar-refractivity contribution in [2.24, 2.45) is 0 Å². The summed E-state index contributed by atoms with van der Waals surface area (Å²) in [5.41, 5.74) is 4.41. The van der Waals surface area contributed by atoms with E-state index in [1.165, 1.54) is 23.8 Å². The summed E-state index contributed by atoms with van der Waals surface area (Å²) >= 11 is 3.61. The second-order valence-electron chi connectivity index (χ2n) is 6.81. The number of halogens is 1. The van der Waals surface area contributed by atoms with Crippen molar-refractivity contribution in [1.82, 2.24) is 4.98 Å². The number of benzene rings is 2. The van der Waals surface area contributed by atoms with E-state index < -0.39 is 0 Å². The molecule has 29 heavy (non-hydrogen) atoms. The number of methoxy groups -OCH3 is 1. The summed E-state index contributed by atoms with van der Waals surface area (Å²) in [4.78, 5) is 18.3. The smallest absolute Gasteiger partial charge is 0.339 e. The molecule has 0 saturated carbocycles. The van der Waals surface area contributed by atoms with E-state index in [-0.39, 0.29) is 5.97 Å². The molecule has 0 aliphatic carbocycles. The fourth-order valence-corrected chi connectivity index (χ4v) is 3.69. The topological polar surface area (TPSA) is 42.4 Å². The highest BCUT2D eigenvalue weighted by molar-refractivity contribution is 9.10. The van der Waals surface area contributed by atoms with E-state index in [0.29, 0.717) is 5.56 Å². The summed E-state index contributed by atoms with van der Waals surface area (Å²) < 4.78 is 5.82. The van der Waals surface area contributed by atoms with E-state index in [1.807, 2.05) is 12.1 Å². The zero-order chi connectivity index (χ0) is 20.6. The van der Waals surface area contributed by atoms with Gasteiger partial charge in [-0.3, -0.25) is 0 Å². The lowest BCUT2D eigenvalue weighted by molar-refractivity contribution is 0.0600. The van der Waals surface area contributed by atoms with E-state index in [9.17, 15) is 4.79 Å². The molecule has 3 aromatic rings.